The lowest BCUT2D eigenvalue weighted by atomic mass is 10.1. The molecule has 0 unspecified atom stereocenters. The van der Waals surface area contributed by atoms with Gasteiger partial charge in [-0.3, -0.25) is 4.68 Å². The summed E-state index contributed by atoms with van der Waals surface area (Å²) in [4.78, 5) is 0. The molecule has 3 heterocycles. The normalized spacial score (nSPS) is 15.6. The number of nitrogens with zero attached hydrogens (tertiary/aromatic N) is 2. The maximum atomic E-state index is 5.41. The Morgan fingerprint density at radius 2 is 2.17 bits per heavy atom. The van der Waals surface area contributed by atoms with Gasteiger partial charge in [-0.05, 0) is 24.6 Å². The highest BCUT2D eigenvalue weighted by Crippen LogP contribution is 2.38. The van der Waals surface area contributed by atoms with Crippen LogP contribution < -0.4 is 14.8 Å². The smallest absolute Gasteiger partial charge is 0.231 e. The van der Waals surface area contributed by atoms with Crippen molar-refractivity contribution in [3.05, 3.63) is 23.8 Å². The van der Waals surface area contributed by atoms with Crippen molar-refractivity contribution >= 4 is 5.82 Å². The van der Waals surface area contributed by atoms with E-state index < -0.39 is 0 Å². The summed E-state index contributed by atoms with van der Waals surface area (Å²) in [5.41, 5.74) is 3.41. The number of rotatable bonds is 1. The summed E-state index contributed by atoms with van der Waals surface area (Å²) in [6.45, 7) is 1.29. The maximum Gasteiger partial charge on any atom is 0.231 e. The van der Waals surface area contributed by atoms with Crippen LogP contribution in [0.15, 0.2) is 18.2 Å². The first-order valence-electron chi connectivity index (χ1n) is 6.03. The van der Waals surface area contributed by atoms with Crippen molar-refractivity contribution in [3.63, 3.8) is 0 Å². The highest BCUT2D eigenvalue weighted by atomic mass is 16.7. The van der Waals surface area contributed by atoms with Gasteiger partial charge < -0.3 is 14.8 Å². The third-order valence-electron chi connectivity index (χ3n) is 3.46. The fourth-order valence-electron chi connectivity index (χ4n) is 2.61. The first kappa shape index (κ1) is 9.82. The molecule has 2 aromatic rings. The number of nitrogens with one attached hydrogen (secondary N) is 1. The SMILES string of the molecule is Cn1nc(-c2ccc3c(c2)OCO3)c2c1NCC2. The number of hydrogen-bond donors (Lipinski definition) is 1. The molecule has 18 heavy (non-hydrogen) atoms. The largest absolute Gasteiger partial charge is 0.454 e. The molecule has 0 atom stereocenters. The molecule has 1 N–H and O–H groups in total. The van der Waals surface area contributed by atoms with Gasteiger partial charge in [0.15, 0.2) is 11.5 Å². The quantitative estimate of drug-likeness (QED) is 0.829. The van der Waals surface area contributed by atoms with Gasteiger partial charge in [0.05, 0.1) is 5.69 Å². The van der Waals surface area contributed by atoms with Crippen molar-refractivity contribution in [2.24, 2.45) is 7.05 Å². The Labute approximate surface area is 104 Å². The summed E-state index contributed by atoms with van der Waals surface area (Å²) < 4.78 is 12.6. The number of ether oxygens (including phenoxy) is 2. The Morgan fingerprint density at radius 1 is 1.28 bits per heavy atom. The summed E-state index contributed by atoms with van der Waals surface area (Å²) in [7, 11) is 1.97. The first-order valence-corrected chi connectivity index (χ1v) is 6.03. The van der Waals surface area contributed by atoms with E-state index in [-0.39, 0.29) is 0 Å². The lowest BCUT2D eigenvalue weighted by Gasteiger charge is -2.01. The lowest BCUT2D eigenvalue weighted by molar-refractivity contribution is 0.174. The molecule has 0 spiro atoms. The molecule has 0 saturated carbocycles. The second-order valence-corrected chi connectivity index (χ2v) is 4.54. The molecule has 92 valence electrons. The van der Waals surface area contributed by atoms with E-state index in [0.29, 0.717) is 6.79 Å². The molecular formula is C13H13N3O2. The third-order valence-corrected chi connectivity index (χ3v) is 3.46. The molecule has 4 rings (SSSR count). The molecule has 0 saturated heterocycles. The van der Waals surface area contributed by atoms with Crippen LogP contribution in [0.25, 0.3) is 11.3 Å². The Hall–Kier alpha value is -2.17. The standard InChI is InChI=1S/C13H13N3O2/c1-16-13-9(4-5-14-13)12(15-16)8-2-3-10-11(6-8)18-7-17-10/h2-3,6,14H,4-5,7H2,1H3. The van der Waals surface area contributed by atoms with Crippen molar-refractivity contribution in [2.75, 3.05) is 18.7 Å². The van der Waals surface area contributed by atoms with Gasteiger partial charge in [0.25, 0.3) is 0 Å². The second kappa shape index (κ2) is 3.41. The summed E-state index contributed by atoms with van der Waals surface area (Å²) >= 11 is 0. The average Bonchev–Trinajstić information content (AvgIpc) is 3.06. The zero-order valence-electron chi connectivity index (χ0n) is 10.1. The van der Waals surface area contributed by atoms with Crippen molar-refractivity contribution < 1.29 is 9.47 Å². The minimum Gasteiger partial charge on any atom is -0.454 e. The Morgan fingerprint density at radius 3 is 3.11 bits per heavy atom. The molecule has 5 heteroatoms. The van der Waals surface area contributed by atoms with Crippen molar-refractivity contribution in [1.29, 1.82) is 0 Å². The summed E-state index contributed by atoms with van der Waals surface area (Å²) in [6, 6.07) is 5.98. The van der Waals surface area contributed by atoms with E-state index >= 15 is 0 Å². The van der Waals surface area contributed by atoms with Crippen LogP contribution in [-0.2, 0) is 13.5 Å². The van der Waals surface area contributed by atoms with Crippen LogP contribution in [0.1, 0.15) is 5.56 Å². The van der Waals surface area contributed by atoms with Crippen LogP contribution in [0.5, 0.6) is 11.5 Å². The van der Waals surface area contributed by atoms with Crippen LogP contribution in [-0.4, -0.2) is 23.1 Å². The average molecular weight is 243 g/mol. The van der Waals surface area contributed by atoms with Crippen molar-refractivity contribution in [2.45, 2.75) is 6.42 Å². The number of benzene rings is 1. The van der Waals surface area contributed by atoms with Gasteiger partial charge in [-0.1, -0.05) is 0 Å². The van der Waals surface area contributed by atoms with Gasteiger partial charge in [0, 0.05) is 24.7 Å². The highest BCUT2D eigenvalue weighted by Gasteiger charge is 2.23. The minimum absolute atomic E-state index is 0.306. The van der Waals surface area contributed by atoms with Gasteiger partial charge in [-0.25, -0.2) is 0 Å². The Bertz CT molecular complexity index is 633. The van der Waals surface area contributed by atoms with Crippen LogP contribution in [0.3, 0.4) is 0 Å². The number of aromatic nitrogens is 2. The molecule has 0 aliphatic carbocycles. The first-order chi connectivity index (χ1) is 8.83. The summed E-state index contributed by atoms with van der Waals surface area (Å²) in [5.74, 6) is 2.74. The zero-order chi connectivity index (χ0) is 12.1. The van der Waals surface area contributed by atoms with E-state index in [4.69, 9.17) is 9.47 Å². The van der Waals surface area contributed by atoms with Gasteiger partial charge in [-0.2, -0.15) is 5.10 Å². The molecule has 0 bridgehead atoms. The molecule has 0 radical (unpaired) electrons. The monoisotopic (exact) mass is 243 g/mol. The van der Waals surface area contributed by atoms with Crippen molar-refractivity contribution in [3.8, 4) is 22.8 Å². The van der Waals surface area contributed by atoms with Gasteiger partial charge >= 0.3 is 0 Å². The molecule has 0 amide bonds. The zero-order valence-corrected chi connectivity index (χ0v) is 10.1. The highest BCUT2D eigenvalue weighted by molar-refractivity contribution is 5.73. The van der Waals surface area contributed by atoms with E-state index in [1.54, 1.807) is 0 Å². The molecule has 5 nitrogen and oxygen atoms in total. The van der Waals surface area contributed by atoms with Gasteiger partial charge in [-0.15, -0.1) is 0 Å². The van der Waals surface area contributed by atoms with Gasteiger partial charge in [0.2, 0.25) is 6.79 Å². The minimum atomic E-state index is 0.306. The van der Waals surface area contributed by atoms with E-state index in [1.807, 2.05) is 29.9 Å². The predicted octanol–water partition coefficient (Wildman–Crippen LogP) is 1.78. The van der Waals surface area contributed by atoms with E-state index in [2.05, 4.69) is 10.4 Å². The maximum absolute atomic E-state index is 5.41. The number of fused-ring (bicyclic) bond motifs is 2. The molecule has 0 fully saturated rings. The molecule has 1 aromatic heterocycles. The van der Waals surface area contributed by atoms with Crippen LogP contribution >= 0.6 is 0 Å². The molecule has 2 aliphatic heterocycles. The number of aryl methyl sites for hydroxylation is 1. The Balaban J connectivity index is 1.86. The fraction of sp³-hybridized carbons (Fsp3) is 0.308. The van der Waals surface area contributed by atoms with Crippen LogP contribution in [0.2, 0.25) is 0 Å². The summed E-state index contributed by atoms with van der Waals surface area (Å²) in [6.07, 6.45) is 1.02. The lowest BCUT2D eigenvalue weighted by Crippen LogP contribution is -2.01. The third kappa shape index (κ3) is 1.24. The van der Waals surface area contributed by atoms with E-state index in [1.165, 1.54) is 5.56 Å². The van der Waals surface area contributed by atoms with E-state index in [9.17, 15) is 0 Å². The number of hydrogen-bond acceptors (Lipinski definition) is 4. The predicted molar refractivity (Wildman–Crippen MR) is 67.0 cm³/mol. The van der Waals surface area contributed by atoms with E-state index in [0.717, 1.165) is 41.5 Å². The van der Waals surface area contributed by atoms with Crippen LogP contribution in [0, 0.1) is 0 Å². The number of anilines is 1. The molecule has 2 aliphatic rings. The Kier molecular flexibility index (Phi) is 1.86. The molecular weight excluding hydrogens is 230 g/mol. The second-order valence-electron chi connectivity index (χ2n) is 4.54. The van der Waals surface area contributed by atoms with Gasteiger partial charge in [0.1, 0.15) is 5.82 Å². The van der Waals surface area contributed by atoms with Crippen molar-refractivity contribution in [1.82, 2.24) is 9.78 Å². The fourth-order valence-corrected chi connectivity index (χ4v) is 2.61. The topological polar surface area (TPSA) is 48.3 Å². The van der Waals surface area contributed by atoms with Crippen LogP contribution in [0.4, 0.5) is 5.82 Å². The molecule has 1 aromatic carbocycles. The summed E-state index contributed by atoms with van der Waals surface area (Å²) in [5, 5.41) is 7.94.